The Morgan fingerprint density at radius 1 is 1.30 bits per heavy atom. The minimum Gasteiger partial charge on any atom is -0.444 e. The molecule has 0 radical (unpaired) electrons. The molecule has 1 aliphatic rings. The molecule has 1 atom stereocenters. The highest BCUT2D eigenvalue weighted by Crippen LogP contribution is 2.30. The zero-order valence-corrected chi connectivity index (χ0v) is 14.1. The van der Waals surface area contributed by atoms with E-state index in [4.69, 9.17) is 9.47 Å². The van der Waals surface area contributed by atoms with Gasteiger partial charge in [0.15, 0.2) is 0 Å². The lowest BCUT2D eigenvalue weighted by molar-refractivity contribution is -0.121. The molecule has 1 unspecified atom stereocenters. The van der Waals surface area contributed by atoms with Crippen LogP contribution in [0.25, 0.3) is 0 Å². The van der Waals surface area contributed by atoms with E-state index in [0.29, 0.717) is 19.6 Å². The van der Waals surface area contributed by atoms with Gasteiger partial charge in [-0.25, -0.2) is 4.79 Å². The van der Waals surface area contributed by atoms with Crippen molar-refractivity contribution in [2.45, 2.75) is 51.4 Å². The molecule has 1 fully saturated rings. The standard InChI is InChI=1S/C18H25NO4/c1-17(2,3)23-16(21)19-11-7-10-18(19,13-20)14-22-12-15-8-5-4-6-9-15/h4-6,8-9,13H,7,10-12,14H2,1-3H3. The van der Waals surface area contributed by atoms with Crippen LogP contribution in [-0.2, 0) is 20.9 Å². The summed E-state index contributed by atoms with van der Waals surface area (Å²) in [7, 11) is 0. The van der Waals surface area contributed by atoms with Crippen molar-refractivity contribution >= 4 is 12.4 Å². The first-order valence-corrected chi connectivity index (χ1v) is 7.95. The highest BCUT2D eigenvalue weighted by atomic mass is 16.6. The van der Waals surface area contributed by atoms with Gasteiger partial charge in [-0.3, -0.25) is 4.90 Å². The highest BCUT2D eigenvalue weighted by molar-refractivity contribution is 5.78. The molecule has 1 aromatic carbocycles. The Morgan fingerprint density at radius 3 is 2.61 bits per heavy atom. The van der Waals surface area contributed by atoms with Gasteiger partial charge >= 0.3 is 6.09 Å². The van der Waals surface area contributed by atoms with E-state index in [1.165, 1.54) is 4.90 Å². The second-order valence-electron chi connectivity index (χ2n) is 6.94. The van der Waals surface area contributed by atoms with Gasteiger partial charge in [-0.05, 0) is 39.2 Å². The number of amides is 1. The molecule has 0 aromatic heterocycles. The van der Waals surface area contributed by atoms with Crippen LogP contribution in [0.15, 0.2) is 30.3 Å². The second kappa shape index (κ2) is 7.13. The van der Waals surface area contributed by atoms with Crippen molar-refractivity contribution in [3.63, 3.8) is 0 Å². The Balaban J connectivity index is 2.00. The van der Waals surface area contributed by atoms with Crippen molar-refractivity contribution in [3.8, 4) is 0 Å². The van der Waals surface area contributed by atoms with Crippen LogP contribution in [0.5, 0.6) is 0 Å². The molecule has 126 valence electrons. The van der Waals surface area contributed by atoms with E-state index in [9.17, 15) is 9.59 Å². The van der Waals surface area contributed by atoms with Crippen molar-refractivity contribution in [1.82, 2.24) is 4.90 Å². The fraction of sp³-hybridized carbons (Fsp3) is 0.556. The number of benzene rings is 1. The van der Waals surface area contributed by atoms with Crippen molar-refractivity contribution < 1.29 is 19.1 Å². The van der Waals surface area contributed by atoms with Crippen LogP contribution in [-0.4, -0.2) is 41.6 Å². The van der Waals surface area contributed by atoms with Gasteiger partial charge in [0.25, 0.3) is 0 Å². The lowest BCUT2D eigenvalue weighted by Gasteiger charge is -2.34. The second-order valence-corrected chi connectivity index (χ2v) is 6.94. The topological polar surface area (TPSA) is 55.8 Å². The van der Waals surface area contributed by atoms with Gasteiger partial charge in [0.1, 0.15) is 17.4 Å². The summed E-state index contributed by atoms with van der Waals surface area (Å²) in [6.07, 6.45) is 1.75. The third-order valence-corrected chi connectivity index (χ3v) is 3.83. The largest absolute Gasteiger partial charge is 0.444 e. The number of nitrogens with zero attached hydrogens (tertiary/aromatic N) is 1. The number of hydrogen-bond donors (Lipinski definition) is 0. The average Bonchev–Trinajstić information content (AvgIpc) is 2.91. The monoisotopic (exact) mass is 319 g/mol. The van der Waals surface area contributed by atoms with Gasteiger partial charge in [-0.15, -0.1) is 0 Å². The SMILES string of the molecule is CC(C)(C)OC(=O)N1CCCC1(C=O)COCc1ccccc1. The van der Waals surface area contributed by atoms with E-state index in [1.807, 2.05) is 51.1 Å². The zero-order valence-electron chi connectivity index (χ0n) is 14.1. The van der Waals surface area contributed by atoms with E-state index in [0.717, 1.165) is 18.3 Å². The lowest BCUT2D eigenvalue weighted by atomic mass is 10.00. The molecule has 1 aromatic rings. The van der Waals surface area contributed by atoms with Crippen LogP contribution in [0.3, 0.4) is 0 Å². The number of hydrogen-bond acceptors (Lipinski definition) is 4. The van der Waals surface area contributed by atoms with Crippen molar-refractivity contribution in [3.05, 3.63) is 35.9 Å². The van der Waals surface area contributed by atoms with Gasteiger partial charge in [-0.2, -0.15) is 0 Å². The van der Waals surface area contributed by atoms with Gasteiger partial charge < -0.3 is 14.3 Å². The molecule has 0 saturated carbocycles. The molecule has 23 heavy (non-hydrogen) atoms. The molecule has 1 heterocycles. The molecule has 0 bridgehead atoms. The van der Waals surface area contributed by atoms with Crippen molar-refractivity contribution in [2.75, 3.05) is 13.2 Å². The average molecular weight is 319 g/mol. The van der Waals surface area contributed by atoms with Crippen LogP contribution in [0.1, 0.15) is 39.2 Å². The predicted molar refractivity (Wildman–Crippen MR) is 87.1 cm³/mol. The molecule has 5 heteroatoms. The smallest absolute Gasteiger partial charge is 0.411 e. The Kier molecular flexibility index (Phi) is 5.42. The van der Waals surface area contributed by atoms with Crippen LogP contribution < -0.4 is 0 Å². The fourth-order valence-electron chi connectivity index (χ4n) is 2.72. The van der Waals surface area contributed by atoms with E-state index in [2.05, 4.69) is 0 Å². The van der Waals surface area contributed by atoms with Crippen molar-refractivity contribution in [1.29, 1.82) is 0 Å². The maximum atomic E-state index is 12.4. The summed E-state index contributed by atoms with van der Waals surface area (Å²) in [5.41, 5.74) is -0.466. The van der Waals surface area contributed by atoms with Crippen LogP contribution >= 0.6 is 0 Å². The summed E-state index contributed by atoms with van der Waals surface area (Å²) in [5.74, 6) is 0. The summed E-state index contributed by atoms with van der Waals surface area (Å²) in [6.45, 7) is 6.56. The molecule has 0 aliphatic carbocycles. The summed E-state index contributed by atoms with van der Waals surface area (Å²) < 4.78 is 11.1. The molecular formula is C18H25NO4. The maximum absolute atomic E-state index is 12.4. The fourth-order valence-corrected chi connectivity index (χ4v) is 2.72. The Morgan fingerprint density at radius 2 is 2.00 bits per heavy atom. The number of rotatable bonds is 5. The summed E-state index contributed by atoms with van der Waals surface area (Å²) >= 11 is 0. The summed E-state index contributed by atoms with van der Waals surface area (Å²) in [5, 5.41) is 0. The number of ether oxygens (including phenoxy) is 2. The first-order valence-electron chi connectivity index (χ1n) is 7.95. The Bertz CT molecular complexity index is 538. The van der Waals surface area contributed by atoms with Crippen molar-refractivity contribution in [2.24, 2.45) is 0 Å². The quantitative estimate of drug-likeness (QED) is 0.782. The van der Waals surface area contributed by atoms with E-state index in [1.54, 1.807) is 0 Å². The minimum absolute atomic E-state index is 0.185. The number of carbonyl (C=O) groups is 2. The normalized spacial score (nSPS) is 21.3. The molecule has 5 nitrogen and oxygen atoms in total. The molecular weight excluding hydrogens is 294 g/mol. The van der Waals surface area contributed by atoms with Gasteiger partial charge in [0.05, 0.1) is 13.2 Å². The number of carbonyl (C=O) groups excluding carboxylic acids is 2. The highest BCUT2D eigenvalue weighted by Gasteiger charge is 2.45. The van der Waals surface area contributed by atoms with Gasteiger partial charge in [0.2, 0.25) is 0 Å². The van der Waals surface area contributed by atoms with E-state index < -0.39 is 17.2 Å². The third kappa shape index (κ3) is 4.55. The summed E-state index contributed by atoms with van der Waals surface area (Å²) in [6, 6.07) is 9.76. The molecule has 1 amide bonds. The zero-order chi connectivity index (χ0) is 16.9. The van der Waals surface area contributed by atoms with Gasteiger partial charge in [-0.1, -0.05) is 30.3 Å². The third-order valence-electron chi connectivity index (χ3n) is 3.83. The Labute approximate surface area is 137 Å². The summed E-state index contributed by atoms with van der Waals surface area (Å²) in [4.78, 5) is 25.6. The molecule has 2 rings (SSSR count). The molecule has 0 N–H and O–H groups in total. The number of aldehydes is 1. The van der Waals surface area contributed by atoms with E-state index >= 15 is 0 Å². The van der Waals surface area contributed by atoms with Crippen LogP contribution in [0.4, 0.5) is 4.79 Å². The minimum atomic E-state index is -0.920. The lowest BCUT2D eigenvalue weighted by Crippen LogP contribution is -2.53. The number of likely N-dealkylation sites (tertiary alicyclic amines) is 1. The van der Waals surface area contributed by atoms with Crippen LogP contribution in [0.2, 0.25) is 0 Å². The predicted octanol–water partition coefficient (Wildman–Crippen LogP) is 3.17. The van der Waals surface area contributed by atoms with Gasteiger partial charge in [0, 0.05) is 6.54 Å². The molecule has 1 saturated heterocycles. The Hall–Kier alpha value is -1.88. The maximum Gasteiger partial charge on any atom is 0.411 e. The first kappa shape index (κ1) is 17.5. The molecule has 1 aliphatic heterocycles. The van der Waals surface area contributed by atoms with Crippen LogP contribution in [0, 0.1) is 0 Å². The van der Waals surface area contributed by atoms with E-state index in [-0.39, 0.29) is 6.61 Å². The first-order chi connectivity index (χ1) is 10.9. The molecule has 0 spiro atoms.